The fraction of sp³-hybridized carbons (Fsp3) is 0.111. The summed E-state index contributed by atoms with van der Waals surface area (Å²) in [6, 6.07) is 19.0. The molecule has 0 aliphatic heterocycles. The van der Waals surface area contributed by atoms with E-state index in [4.69, 9.17) is 11.6 Å². The number of fused-ring (bicyclic) bond motifs is 1. The first-order chi connectivity index (χ1) is 16.7. The molecule has 4 rings (SSSR count). The van der Waals surface area contributed by atoms with Crippen molar-refractivity contribution >= 4 is 40.2 Å². The summed E-state index contributed by atoms with van der Waals surface area (Å²) in [5.41, 5.74) is 2.54. The van der Waals surface area contributed by atoms with E-state index < -0.39 is 17.9 Å². The molecule has 0 saturated heterocycles. The van der Waals surface area contributed by atoms with Gasteiger partial charge in [0.15, 0.2) is 5.78 Å². The number of Topliss-reactive ketones (excluding diaryl/α,β-unsaturated/α-hetero) is 1. The second-order valence-corrected chi connectivity index (χ2v) is 8.54. The van der Waals surface area contributed by atoms with Crippen LogP contribution in [0.4, 0.5) is 0 Å². The van der Waals surface area contributed by atoms with Crippen LogP contribution in [-0.4, -0.2) is 38.9 Å². The Kier molecular flexibility index (Phi) is 6.80. The van der Waals surface area contributed by atoms with Gasteiger partial charge in [0.25, 0.3) is 5.91 Å². The first-order valence-corrected chi connectivity index (χ1v) is 11.1. The number of ketones is 1. The summed E-state index contributed by atoms with van der Waals surface area (Å²) in [7, 11) is 0. The van der Waals surface area contributed by atoms with E-state index in [0.29, 0.717) is 15.9 Å². The fourth-order valence-electron chi connectivity index (χ4n) is 3.74. The van der Waals surface area contributed by atoms with Crippen LogP contribution in [0.5, 0.6) is 5.75 Å². The lowest BCUT2D eigenvalue weighted by atomic mass is 10.00. The minimum absolute atomic E-state index is 0.0751. The van der Waals surface area contributed by atoms with Gasteiger partial charge in [-0.1, -0.05) is 41.9 Å². The number of phenols is 1. The van der Waals surface area contributed by atoms with Crippen molar-refractivity contribution in [3.05, 3.63) is 94.6 Å². The van der Waals surface area contributed by atoms with E-state index in [-0.39, 0.29) is 29.2 Å². The number of hydrogen-bond acceptors (Lipinski definition) is 5. The van der Waals surface area contributed by atoms with E-state index in [0.717, 1.165) is 16.7 Å². The third-order valence-electron chi connectivity index (χ3n) is 5.62. The number of aromatic nitrogens is 1. The molecule has 0 aliphatic carbocycles. The summed E-state index contributed by atoms with van der Waals surface area (Å²) in [4.78, 5) is 41.5. The SMILES string of the molecule is CC(=O)[C@H](Cc1ccc(O)cc1)NC(=O)c1cc(C(=O)O)c2cc(-c3ccc(Cl)cc3)ccc2n1. The molecule has 0 radical (unpaired) electrons. The lowest BCUT2D eigenvalue weighted by Crippen LogP contribution is -2.41. The minimum atomic E-state index is -1.20. The van der Waals surface area contributed by atoms with Crippen LogP contribution in [0.3, 0.4) is 0 Å². The minimum Gasteiger partial charge on any atom is -0.508 e. The number of carboxylic acid groups (broad SMARTS) is 1. The number of benzene rings is 3. The highest BCUT2D eigenvalue weighted by Crippen LogP contribution is 2.27. The van der Waals surface area contributed by atoms with Crippen LogP contribution in [0.2, 0.25) is 5.02 Å². The van der Waals surface area contributed by atoms with E-state index in [1.165, 1.54) is 25.1 Å². The van der Waals surface area contributed by atoms with E-state index in [2.05, 4.69) is 10.3 Å². The Morgan fingerprint density at radius 1 is 0.943 bits per heavy atom. The zero-order valence-corrected chi connectivity index (χ0v) is 19.4. The first-order valence-electron chi connectivity index (χ1n) is 10.7. The number of nitrogens with zero attached hydrogens (tertiary/aromatic N) is 1. The van der Waals surface area contributed by atoms with Gasteiger partial charge in [-0.05, 0) is 72.5 Å². The first kappa shape index (κ1) is 23.9. The highest BCUT2D eigenvalue weighted by Gasteiger charge is 2.22. The molecule has 1 aromatic heterocycles. The molecular formula is C27H21ClN2O5. The summed E-state index contributed by atoms with van der Waals surface area (Å²) >= 11 is 5.96. The number of nitrogens with one attached hydrogen (secondary N) is 1. The van der Waals surface area contributed by atoms with Gasteiger partial charge >= 0.3 is 5.97 Å². The Balaban J connectivity index is 1.66. The van der Waals surface area contributed by atoms with Crippen molar-refractivity contribution in [3.63, 3.8) is 0 Å². The number of amides is 1. The van der Waals surface area contributed by atoms with E-state index in [1.807, 2.05) is 12.1 Å². The highest BCUT2D eigenvalue weighted by atomic mass is 35.5. The summed E-state index contributed by atoms with van der Waals surface area (Å²) in [6.45, 7) is 1.36. The van der Waals surface area contributed by atoms with Gasteiger partial charge in [-0.15, -0.1) is 0 Å². The summed E-state index contributed by atoms with van der Waals surface area (Å²) in [5, 5.41) is 22.9. The van der Waals surface area contributed by atoms with Crippen molar-refractivity contribution in [1.29, 1.82) is 0 Å². The van der Waals surface area contributed by atoms with Crippen LogP contribution in [0, 0.1) is 0 Å². The third kappa shape index (κ3) is 5.47. The quantitative estimate of drug-likeness (QED) is 0.341. The average molecular weight is 489 g/mol. The smallest absolute Gasteiger partial charge is 0.336 e. The van der Waals surface area contributed by atoms with E-state index >= 15 is 0 Å². The van der Waals surface area contributed by atoms with Crippen LogP contribution in [0.15, 0.2) is 72.8 Å². The molecule has 3 aromatic carbocycles. The van der Waals surface area contributed by atoms with Gasteiger partial charge in [0, 0.05) is 10.4 Å². The molecule has 0 fully saturated rings. The van der Waals surface area contributed by atoms with Crippen molar-refractivity contribution < 1.29 is 24.6 Å². The van der Waals surface area contributed by atoms with Gasteiger partial charge in [0.1, 0.15) is 11.4 Å². The molecule has 1 amide bonds. The number of aromatic carboxylic acids is 1. The predicted molar refractivity (Wildman–Crippen MR) is 133 cm³/mol. The molecule has 8 heteroatoms. The van der Waals surface area contributed by atoms with Crippen LogP contribution in [0.25, 0.3) is 22.0 Å². The number of rotatable bonds is 7. The molecule has 1 atom stereocenters. The number of carbonyl (C=O) groups excluding carboxylic acids is 2. The molecule has 4 aromatic rings. The number of halogens is 1. The molecule has 0 unspecified atom stereocenters. The van der Waals surface area contributed by atoms with Crippen LogP contribution >= 0.6 is 11.6 Å². The maximum atomic E-state index is 13.0. The van der Waals surface area contributed by atoms with E-state index in [9.17, 15) is 24.6 Å². The van der Waals surface area contributed by atoms with Gasteiger partial charge in [-0.25, -0.2) is 9.78 Å². The number of carboxylic acids is 1. The van der Waals surface area contributed by atoms with Gasteiger partial charge in [-0.2, -0.15) is 0 Å². The lowest BCUT2D eigenvalue weighted by molar-refractivity contribution is -0.118. The lowest BCUT2D eigenvalue weighted by Gasteiger charge is -2.16. The van der Waals surface area contributed by atoms with Crippen molar-refractivity contribution in [2.45, 2.75) is 19.4 Å². The number of phenolic OH excluding ortho intramolecular Hbond substituents is 1. The van der Waals surface area contributed by atoms with Crippen molar-refractivity contribution in [3.8, 4) is 16.9 Å². The Morgan fingerprint density at radius 2 is 1.60 bits per heavy atom. The highest BCUT2D eigenvalue weighted by molar-refractivity contribution is 6.30. The zero-order chi connectivity index (χ0) is 25.1. The Hall–Kier alpha value is -4.23. The predicted octanol–water partition coefficient (Wildman–Crippen LogP) is 4.89. The number of pyridine rings is 1. The molecule has 0 aliphatic rings. The summed E-state index contributed by atoms with van der Waals surface area (Å²) in [5.74, 6) is -2.03. The van der Waals surface area contributed by atoms with Gasteiger partial charge in [0.2, 0.25) is 0 Å². The van der Waals surface area contributed by atoms with Crippen molar-refractivity contribution in [2.75, 3.05) is 0 Å². The maximum Gasteiger partial charge on any atom is 0.336 e. The molecule has 176 valence electrons. The van der Waals surface area contributed by atoms with Gasteiger partial charge < -0.3 is 15.5 Å². The number of aromatic hydroxyl groups is 1. The molecule has 35 heavy (non-hydrogen) atoms. The molecule has 3 N–H and O–H groups in total. The summed E-state index contributed by atoms with van der Waals surface area (Å²) in [6.07, 6.45) is 0.213. The molecule has 0 saturated carbocycles. The Bertz CT molecular complexity index is 1430. The maximum absolute atomic E-state index is 13.0. The van der Waals surface area contributed by atoms with Crippen LogP contribution in [-0.2, 0) is 11.2 Å². The van der Waals surface area contributed by atoms with Crippen LogP contribution < -0.4 is 5.32 Å². The largest absolute Gasteiger partial charge is 0.508 e. The second-order valence-electron chi connectivity index (χ2n) is 8.11. The molecule has 0 spiro atoms. The Labute approximate surface area is 206 Å². The fourth-order valence-corrected chi connectivity index (χ4v) is 3.86. The number of carbonyl (C=O) groups is 3. The molecule has 1 heterocycles. The van der Waals surface area contributed by atoms with Crippen molar-refractivity contribution in [2.24, 2.45) is 0 Å². The number of hydrogen-bond donors (Lipinski definition) is 3. The van der Waals surface area contributed by atoms with Crippen LogP contribution in [0.1, 0.15) is 33.3 Å². The summed E-state index contributed by atoms with van der Waals surface area (Å²) < 4.78 is 0. The average Bonchev–Trinajstić information content (AvgIpc) is 2.84. The molecule has 0 bridgehead atoms. The monoisotopic (exact) mass is 488 g/mol. The molecule has 7 nitrogen and oxygen atoms in total. The normalized spacial score (nSPS) is 11.7. The van der Waals surface area contributed by atoms with Gasteiger partial charge in [0.05, 0.1) is 17.1 Å². The zero-order valence-electron chi connectivity index (χ0n) is 18.7. The standard InChI is InChI=1S/C27H21ClN2O5/c1-15(31)24(12-16-2-9-20(32)10-3-16)30-26(33)25-14-22(27(34)35)21-13-18(6-11-23(21)29-25)17-4-7-19(28)8-5-17/h2-11,13-14,24,32H,12H2,1H3,(H,30,33)(H,34,35)/t24-/m0/s1. The van der Waals surface area contributed by atoms with E-state index in [1.54, 1.807) is 42.5 Å². The Morgan fingerprint density at radius 3 is 2.23 bits per heavy atom. The van der Waals surface area contributed by atoms with Crippen molar-refractivity contribution in [1.82, 2.24) is 10.3 Å². The third-order valence-corrected chi connectivity index (χ3v) is 5.87. The molecular weight excluding hydrogens is 468 g/mol. The second kappa shape index (κ2) is 9.95. The topological polar surface area (TPSA) is 117 Å². The van der Waals surface area contributed by atoms with Gasteiger partial charge in [-0.3, -0.25) is 9.59 Å².